The molecule has 0 unspecified atom stereocenters. The van der Waals surface area contributed by atoms with Crippen LogP contribution in [0.2, 0.25) is 15.1 Å². The Morgan fingerprint density at radius 3 is 2.35 bits per heavy atom. The lowest BCUT2D eigenvalue weighted by atomic mass is 10.2. The van der Waals surface area contributed by atoms with Gasteiger partial charge in [0.05, 0.1) is 21.3 Å². The quantitative estimate of drug-likeness (QED) is 0.805. The van der Waals surface area contributed by atoms with Gasteiger partial charge in [0.2, 0.25) is 0 Å². The van der Waals surface area contributed by atoms with Crippen LogP contribution < -0.4 is 4.72 Å². The number of nitrogens with one attached hydrogen (secondary N) is 1. The molecule has 2 rings (SSSR count). The van der Waals surface area contributed by atoms with Crippen LogP contribution in [0.25, 0.3) is 0 Å². The fourth-order valence-corrected chi connectivity index (χ4v) is 3.70. The molecule has 0 aliphatic carbocycles. The molecule has 0 aliphatic heterocycles. The van der Waals surface area contributed by atoms with E-state index in [9.17, 15) is 17.6 Å². The summed E-state index contributed by atoms with van der Waals surface area (Å²) < 4.78 is 40.4. The Balaban J connectivity index is 2.53. The molecule has 0 saturated carbocycles. The lowest BCUT2D eigenvalue weighted by Crippen LogP contribution is -2.15. The maximum absolute atomic E-state index is 13.7. The lowest BCUT2D eigenvalue weighted by Gasteiger charge is -2.12. The van der Waals surface area contributed by atoms with Gasteiger partial charge in [-0.3, -0.25) is 4.72 Å². The Morgan fingerprint density at radius 1 is 1.13 bits per heavy atom. The van der Waals surface area contributed by atoms with Crippen LogP contribution in [0.5, 0.6) is 0 Å². The van der Waals surface area contributed by atoms with E-state index < -0.39 is 26.7 Å². The van der Waals surface area contributed by atoms with Gasteiger partial charge in [-0.25, -0.2) is 17.6 Å². The van der Waals surface area contributed by atoms with Gasteiger partial charge in [0.25, 0.3) is 10.0 Å². The van der Waals surface area contributed by atoms with Crippen molar-refractivity contribution in [1.29, 1.82) is 0 Å². The van der Waals surface area contributed by atoms with Crippen molar-refractivity contribution in [3.05, 3.63) is 56.8 Å². The Bertz CT molecular complexity index is 902. The van der Waals surface area contributed by atoms with Crippen molar-refractivity contribution in [3.63, 3.8) is 0 Å². The molecular formula is C13H7Cl3FNO4S. The molecule has 10 heteroatoms. The van der Waals surface area contributed by atoms with Gasteiger partial charge < -0.3 is 5.11 Å². The number of aromatic carboxylic acids is 1. The molecule has 0 atom stereocenters. The Kier molecular flexibility index (Phi) is 5.05. The fourth-order valence-electron chi connectivity index (χ4n) is 1.65. The van der Waals surface area contributed by atoms with E-state index in [1.54, 1.807) is 0 Å². The molecule has 2 aromatic carbocycles. The monoisotopic (exact) mass is 397 g/mol. The van der Waals surface area contributed by atoms with E-state index in [4.69, 9.17) is 39.9 Å². The van der Waals surface area contributed by atoms with Gasteiger partial charge in [-0.2, -0.15) is 0 Å². The van der Waals surface area contributed by atoms with E-state index >= 15 is 0 Å². The molecule has 0 aromatic heterocycles. The van der Waals surface area contributed by atoms with E-state index in [1.807, 2.05) is 4.72 Å². The van der Waals surface area contributed by atoms with Gasteiger partial charge in [-0.15, -0.1) is 0 Å². The standard InChI is InChI=1S/C13H7Cl3FNO4S/c14-7-1-2-10(9(17)5-7)18-23(21,22)11-4-6(13(19)20)3-8(15)12(11)16/h1-5,18H,(H,19,20). The number of anilines is 1. The van der Waals surface area contributed by atoms with Crippen LogP contribution in [0.4, 0.5) is 10.1 Å². The molecule has 0 spiro atoms. The van der Waals surface area contributed by atoms with Crippen molar-refractivity contribution in [2.75, 3.05) is 4.72 Å². The summed E-state index contributed by atoms with van der Waals surface area (Å²) in [6, 6.07) is 5.15. The zero-order valence-electron chi connectivity index (χ0n) is 11.0. The lowest BCUT2D eigenvalue weighted by molar-refractivity contribution is 0.0696. The molecule has 0 aliphatic rings. The van der Waals surface area contributed by atoms with E-state index in [0.29, 0.717) is 0 Å². The first kappa shape index (κ1) is 17.8. The predicted molar refractivity (Wildman–Crippen MR) is 85.6 cm³/mol. The number of hydrogen-bond donors (Lipinski definition) is 2. The van der Waals surface area contributed by atoms with E-state index in [2.05, 4.69) is 0 Å². The summed E-state index contributed by atoms with van der Waals surface area (Å²) in [6.45, 7) is 0. The minimum atomic E-state index is -4.37. The highest BCUT2D eigenvalue weighted by atomic mass is 35.5. The molecule has 2 N–H and O–H groups in total. The minimum Gasteiger partial charge on any atom is -0.478 e. The molecule has 0 amide bonds. The van der Waals surface area contributed by atoms with E-state index in [1.165, 1.54) is 6.07 Å². The summed E-state index contributed by atoms with van der Waals surface area (Å²) in [5.41, 5.74) is -0.751. The molecule has 122 valence electrons. The van der Waals surface area contributed by atoms with Gasteiger partial charge in [0.15, 0.2) is 0 Å². The second-order valence-electron chi connectivity index (χ2n) is 4.31. The van der Waals surface area contributed by atoms with Crippen LogP contribution in [0.3, 0.4) is 0 Å². The third kappa shape index (κ3) is 3.87. The molecular weight excluding hydrogens is 392 g/mol. The zero-order chi connectivity index (χ0) is 17.4. The Hall–Kier alpha value is -1.54. The first-order chi connectivity index (χ1) is 10.6. The van der Waals surface area contributed by atoms with Gasteiger partial charge in [-0.05, 0) is 30.3 Å². The van der Waals surface area contributed by atoms with Crippen molar-refractivity contribution < 1.29 is 22.7 Å². The second-order valence-corrected chi connectivity index (χ2v) is 7.18. The Morgan fingerprint density at radius 2 is 1.78 bits per heavy atom. The van der Waals surface area contributed by atoms with Crippen molar-refractivity contribution in [2.45, 2.75) is 4.90 Å². The summed E-state index contributed by atoms with van der Waals surface area (Å²) >= 11 is 17.2. The van der Waals surface area contributed by atoms with Crippen LogP contribution >= 0.6 is 34.8 Å². The van der Waals surface area contributed by atoms with Crippen molar-refractivity contribution in [3.8, 4) is 0 Å². The van der Waals surface area contributed by atoms with E-state index in [0.717, 1.165) is 24.3 Å². The summed E-state index contributed by atoms with van der Waals surface area (Å²) in [7, 11) is -4.37. The molecule has 0 fully saturated rings. The van der Waals surface area contributed by atoms with Crippen LogP contribution in [-0.2, 0) is 10.0 Å². The highest BCUT2D eigenvalue weighted by molar-refractivity contribution is 7.92. The summed E-state index contributed by atoms with van der Waals surface area (Å²) in [6.07, 6.45) is 0. The number of carbonyl (C=O) groups is 1. The average molecular weight is 399 g/mol. The normalized spacial score (nSPS) is 11.3. The van der Waals surface area contributed by atoms with Crippen molar-refractivity contribution in [1.82, 2.24) is 0 Å². The van der Waals surface area contributed by atoms with Gasteiger partial charge in [0.1, 0.15) is 10.7 Å². The van der Waals surface area contributed by atoms with E-state index in [-0.39, 0.29) is 26.3 Å². The Labute approximate surface area is 145 Å². The highest BCUT2D eigenvalue weighted by Crippen LogP contribution is 2.32. The topological polar surface area (TPSA) is 83.5 Å². The third-order valence-corrected chi connectivity index (χ3v) is 5.25. The van der Waals surface area contributed by atoms with Gasteiger partial charge in [0, 0.05) is 5.02 Å². The number of rotatable bonds is 4. The smallest absolute Gasteiger partial charge is 0.335 e. The molecule has 5 nitrogen and oxygen atoms in total. The van der Waals surface area contributed by atoms with Crippen LogP contribution in [0.15, 0.2) is 35.2 Å². The maximum Gasteiger partial charge on any atom is 0.335 e. The SMILES string of the molecule is O=C(O)c1cc(Cl)c(Cl)c(S(=O)(=O)Nc2ccc(Cl)cc2F)c1. The maximum atomic E-state index is 13.7. The predicted octanol–water partition coefficient (Wildman–Crippen LogP) is 4.28. The second kappa shape index (κ2) is 6.52. The molecule has 0 radical (unpaired) electrons. The summed E-state index contributed by atoms with van der Waals surface area (Å²) in [5.74, 6) is -2.30. The molecule has 0 saturated heterocycles. The van der Waals surface area contributed by atoms with Crippen LogP contribution in [-0.4, -0.2) is 19.5 Å². The minimum absolute atomic E-state index is 0.0828. The first-order valence-electron chi connectivity index (χ1n) is 5.82. The number of benzene rings is 2. The number of carboxylic acids is 1. The molecule has 0 heterocycles. The van der Waals surface area contributed by atoms with Crippen LogP contribution in [0, 0.1) is 5.82 Å². The van der Waals surface area contributed by atoms with Crippen molar-refractivity contribution in [2.24, 2.45) is 0 Å². The largest absolute Gasteiger partial charge is 0.478 e. The summed E-state index contributed by atoms with van der Waals surface area (Å²) in [4.78, 5) is 10.4. The van der Waals surface area contributed by atoms with Gasteiger partial charge in [-0.1, -0.05) is 34.8 Å². The van der Waals surface area contributed by atoms with Gasteiger partial charge >= 0.3 is 5.97 Å². The zero-order valence-corrected chi connectivity index (χ0v) is 14.1. The molecule has 23 heavy (non-hydrogen) atoms. The number of hydrogen-bond acceptors (Lipinski definition) is 3. The van der Waals surface area contributed by atoms with Crippen molar-refractivity contribution >= 4 is 56.5 Å². The number of carboxylic acid groups (broad SMARTS) is 1. The third-order valence-electron chi connectivity index (χ3n) is 2.71. The average Bonchev–Trinajstić information content (AvgIpc) is 2.44. The number of sulfonamides is 1. The summed E-state index contributed by atoms with van der Waals surface area (Å²) in [5, 5.41) is 8.41. The highest BCUT2D eigenvalue weighted by Gasteiger charge is 2.24. The van der Waals surface area contributed by atoms with Crippen LogP contribution in [0.1, 0.15) is 10.4 Å². The fraction of sp³-hybridized carbons (Fsp3) is 0. The molecule has 2 aromatic rings. The number of halogens is 4. The molecule has 0 bridgehead atoms. The first-order valence-corrected chi connectivity index (χ1v) is 8.44.